The highest BCUT2D eigenvalue weighted by molar-refractivity contribution is 5.83. The standard InChI is InChI=1S/C20H22O4/c1-2-3-6-13-23-19(21)11-12-20(22)24-15-16-9-10-17-7-4-5-8-18(17)14-16/h2,4-5,7-10,14H,1,3,6,11-13,15H2. The third-order valence-electron chi connectivity index (χ3n) is 3.56. The Morgan fingerprint density at radius 2 is 1.67 bits per heavy atom. The first kappa shape index (κ1) is 17.7. The van der Waals surface area contributed by atoms with Gasteiger partial charge in [-0.25, -0.2) is 0 Å². The third-order valence-corrected chi connectivity index (χ3v) is 3.56. The Balaban J connectivity index is 1.70. The predicted octanol–water partition coefficient (Wildman–Crippen LogP) is 4.17. The molecule has 126 valence electrons. The molecule has 2 rings (SSSR count). The third kappa shape index (κ3) is 5.88. The summed E-state index contributed by atoms with van der Waals surface area (Å²) in [5.41, 5.74) is 0.925. The van der Waals surface area contributed by atoms with E-state index in [1.54, 1.807) is 6.08 Å². The second-order valence-corrected chi connectivity index (χ2v) is 5.49. The fourth-order valence-electron chi connectivity index (χ4n) is 2.25. The molecule has 0 aromatic heterocycles. The summed E-state index contributed by atoms with van der Waals surface area (Å²) in [7, 11) is 0. The molecule has 0 fully saturated rings. The number of esters is 2. The lowest BCUT2D eigenvalue weighted by molar-refractivity contribution is -0.151. The van der Waals surface area contributed by atoms with Crippen molar-refractivity contribution in [2.24, 2.45) is 0 Å². The predicted molar refractivity (Wildman–Crippen MR) is 93.4 cm³/mol. The van der Waals surface area contributed by atoms with Crippen LogP contribution >= 0.6 is 0 Å². The number of carbonyl (C=O) groups is 2. The highest BCUT2D eigenvalue weighted by atomic mass is 16.5. The van der Waals surface area contributed by atoms with Crippen LogP contribution in [0, 0.1) is 0 Å². The quantitative estimate of drug-likeness (QED) is 0.394. The van der Waals surface area contributed by atoms with Gasteiger partial charge >= 0.3 is 11.9 Å². The topological polar surface area (TPSA) is 52.6 Å². The number of carbonyl (C=O) groups excluding carboxylic acids is 2. The van der Waals surface area contributed by atoms with Crippen LogP contribution in [0.5, 0.6) is 0 Å². The van der Waals surface area contributed by atoms with Gasteiger partial charge < -0.3 is 9.47 Å². The maximum Gasteiger partial charge on any atom is 0.306 e. The lowest BCUT2D eigenvalue weighted by atomic mass is 10.1. The van der Waals surface area contributed by atoms with E-state index in [9.17, 15) is 9.59 Å². The Kier molecular flexibility index (Phi) is 7.02. The van der Waals surface area contributed by atoms with Crippen LogP contribution in [0.3, 0.4) is 0 Å². The first-order chi connectivity index (χ1) is 11.7. The van der Waals surface area contributed by atoms with Crippen molar-refractivity contribution in [3.63, 3.8) is 0 Å². The van der Waals surface area contributed by atoms with Crippen molar-refractivity contribution in [3.05, 3.63) is 60.7 Å². The Bertz CT molecular complexity index is 706. The van der Waals surface area contributed by atoms with E-state index in [2.05, 4.69) is 6.58 Å². The largest absolute Gasteiger partial charge is 0.466 e. The van der Waals surface area contributed by atoms with E-state index in [0.717, 1.165) is 29.2 Å². The van der Waals surface area contributed by atoms with E-state index in [1.165, 1.54) is 0 Å². The van der Waals surface area contributed by atoms with Gasteiger partial charge in [0.2, 0.25) is 0 Å². The molecule has 2 aromatic carbocycles. The average molecular weight is 326 g/mol. The van der Waals surface area contributed by atoms with Crippen molar-refractivity contribution < 1.29 is 19.1 Å². The second kappa shape index (κ2) is 9.50. The summed E-state index contributed by atoms with van der Waals surface area (Å²) in [6.07, 6.45) is 3.42. The first-order valence-corrected chi connectivity index (χ1v) is 8.09. The highest BCUT2D eigenvalue weighted by Crippen LogP contribution is 2.16. The molecule has 0 heterocycles. The number of benzene rings is 2. The van der Waals surface area contributed by atoms with Crippen molar-refractivity contribution in [1.29, 1.82) is 0 Å². The summed E-state index contributed by atoms with van der Waals surface area (Å²) in [6, 6.07) is 13.9. The van der Waals surface area contributed by atoms with E-state index < -0.39 is 5.97 Å². The van der Waals surface area contributed by atoms with Crippen LogP contribution in [0.4, 0.5) is 0 Å². The van der Waals surface area contributed by atoms with Gasteiger partial charge in [0.1, 0.15) is 6.61 Å². The number of ether oxygens (including phenoxy) is 2. The molecule has 0 N–H and O–H groups in total. The fraction of sp³-hybridized carbons (Fsp3) is 0.300. The maximum absolute atomic E-state index is 11.7. The van der Waals surface area contributed by atoms with Crippen molar-refractivity contribution in [2.45, 2.75) is 32.3 Å². The van der Waals surface area contributed by atoms with Crippen LogP contribution in [0.1, 0.15) is 31.2 Å². The summed E-state index contributed by atoms with van der Waals surface area (Å²) in [5.74, 6) is -0.770. The lowest BCUT2D eigenvalue weighted by Gasteiger charge is -2.07. The molecule has 0 aliphatic rings. The van der Waals surface area contributed by atoms with E-state index >= 15 is 0 Å². The normalized spacial score (nSPS) is 10.3. The lowest BCUT2D eigenvalue weighted by Crippen LogP contribution is -2.11. The van der Waals surface area contributed by atoms with Crippen LogP contribution in [0.25, 0.3) is 10.8 Å². The SMILES string of the molecule is C=CCCCOC(=O)CCC(=O)OCc1ccc2ccccc2c1. The molecule has 2 aromatic rings. The zero-order chi connectivity index (χ0) is 17.2. The molecule has 0 radical (unpaired) electrons. The van der Waals surface area contributed by atoms with Crippen LogP contribution in [0.15, 0.2) is 55.1 Å². The van der Waals surface area contributed by atoms with Gasteiger partial charge in [-0.3, -0.25) is 9.59 Å². The van der Waals surface area contributed by atoms with Crippen LogP contribution in [0.2, 0.25) is 0 Å². The molecular weight excluding hydrogens is 304 g/mol. The van der Waals surface area contributed by atoms with E-state index in [4.69, 9.17) is 9.47 Å². The molecule has 4 heteroatoms. The van der Waals surface area contributed by atoms with E-state index in [-0.39, 0.29) is 25.4 Å². The highest BCUT2D eigenvalue weighted by Gasteiger charge is 2.09. The molecular formula is C20H22O4. The number of allylic oxidation sites excluding steroid dienone is 1. The van der Waals surface area contributed by atoms with Gasteiger partial charge in [-0.2, -0.15) is 0 Å². The van der Waals surface area contributed by atoms with Crippen LogP contribution in [-0.2, 0) is 25.7 Å². The van der Waals surface area contributed by atoms with Gasteiger partial charge in [0, 0.05) is 0 Å². The number of unbranched alkanes of at least 4 members (excludes halogenated alkanes) is 1. The van der Waals surface area contributed by atoms with Crippen molar-refractivity contribution in [2.75, 3.05) is 6.61 Å². The van der Waals surface area contributed by atoms with Gasteiger partial charge in [0.05, 0.1) is 19.4 Å². The summed E-state index contributed by atoms with van der Waals surface area (Å²) in [4.78, 5) is 23.2. The van der Waals surface area contributed by atoms with Gasteiger partial charge in [-0.1, -0.05) is 42.5 Å². The maximum atomic E-state index is 11.7. The summed E-state index contributed by atoms with van der Waals surface area (Å²) in [6.45, 7) is 4.16. The van der Waals surface area contributed by atoms with Crippen molar-refractivity contribution in [3.8, 4) is 0 Å². The van der Waals surface area contributed by atoms with Gasteiger partial charge in [-0.15, -0.1) is 6.58 Å². The monoisotopic (exact) mass is 326 g/mol. The first-order valence-electron chi connectivity index (χ1n) is 8.09. The molecule has 4 nitrogen and oxygen atoms in total. The van der Waals surface area contributed by atoms with Crippen LogP contribution in [-0.4, -0.2) is 18.5 Å². The second-order valence-electron chi connectivity index (χ2n) is 5.49. The van der Waals surface area contributed by atoms with Gasteiger partial charge in [0.15, 0.2) is 0 Å². The molecule has 0 aliphatic heterocycles. The molecule has 0 amide bonds. The molecule has 0 saturated heterocycles. The zero-order valence-electron chi connectivity index (χ0n) is 13.7. The molecule has 0 spiro atoms. The van der Waals surface area contributed by atoms with Crippen molar-refractivity contribution in [1.82, 2.24) is 0 Å². The smallest absolute Gasteiger partial charge is 0.306 e. The van der Waals surface area contributed by atoms with E-state index in [0.29, 0.717) is 6.61 Å². The minimum absolute atomic E-state index is 0.0356. The van der Waals surface area contributed by atoms with Crippen LogP contribution < -0.4 is 0 Å². The molecule has 0 aliphatic carbocycles. The fourth-order valence-corrected chi connectivity index (χ4v) is 2.25. The van der Waals surface area contributed by atoms with Gasteiger partial charge in [-0.05, 0) is 35.2 Å². The minimum Gasteiger partial charge on any atom is -0.466 e. The molecule has 0 bridgehead atoms. The summed E-state index contributed by atoms with van der Waals surface area (Å²) >= 11 is 0. The summed E-state index contributed by atoms with van der Waals surface area (Å²) in [5, 5.41) is 2.25. The minimum atomic E-state index is -0.397. The Morgan fingerprint density at radius 3 is 2.42 bits per heavy atom. The Hall–Kier alpha value is -2.62. The van der Waals surface area contributed by atoms with E-state index in [1.807, 2.05) is 42.5 Å². The number of hydrogen-bond donors (Lipinski definition) is 0. The van der Waals surface area contributed by atoms with Gasteiger partial charge in [0.25, 0.3) is 0 Å². The molecule has 24 heavy (non-hydrogen) atoms. The summed E-state index contributed by atoms with van der Waals surface area (Å²) < 4.78 is 10.2. The molecule has 0 saturated carbocycles. The average Bonchev–Trinajstić information content (AvgIpc) is 2.61. The Labute approximate surface area is 142 Å². The molecule has 0 atom stereocenters. The number of fused-ring (bicyclic) bond motifs is 1. The Morgan fingerprint density at radius 1 is 0.958 bits per heavy atom. The number of hydrogen-bond acceptors (Lipinski definition) is 4. The van der Waals surface area contributed by atoms with Crippen molar-refractivity contribution >= 4 is 22.7 Å². The number of rotatable bonds is 9. The molecule has 0 unspecified atom stereocenters. The zero-order valence-corrected chi connectivity index (χ0v) is 13.7.